The topological polar surface area (TPSA) is 0 Å². The summed E-state index contributed by atoms with van der Waals surface area (Å²) in [6.45, 7) is 15.7. The van der Waals surface area contributed by atoms with Gasteiger partial charge in [-0.05, 0) is 57.4 Å². The van der Waals surface area contributed by atoms with Crippen molar-refractivity contribution in [3.05, 3.63) is 132 Å². The van der Waals surface area contributed by atoms with Crippen molar-refractivity contribution in [3.8, 4) is 11.1 Å². The molecule has 0 saturated heterocycles. The molecule has 0 N–H and O–H groups in total. The van der Waals surface area contributed by atoms with E-state index in [4.69, 9.17) is 0 Å². The first-order valence-electron chi connectivity index (χ1n) is 13.4. The second kappa shape index (κ2) is 12.4. The minimum Gasteiger partial charge on any atom is -0.206 e. The highest BCUT2D eigenvalue weighted by Gasteiger charge is 2.26. The zero-order chi connectivity index (χ0) is 27.1. The van der Waals surface area contributed by atoms with E-state index in [0.29, 0.717) is 17.4 Å². The van der Waals surface area contributed by atoms with Crippen LogP contribution in [0.5, 0.6) is 0 Å². The van der Waals surface area contributed by atoms with E-state index in [1.807, 2.05) is 42.5 Å². The summed E-state index contributed by atoms with van der Waals surface area (Å²) in [7, 11) is 0. The number of hydrogen-bond acceptors (Lipinski definition) is 0. The van der Waals surface area contributed by atoms with E-state index in [9.17, 15) is 4.39 Å². The molecule has 0 radical (unpaired) electrons. The molecule has 0 nitrogen and oxygen atoms in total. The minimum absolute atomic E-state index is 0.139. The molecule has 0 heterocycles. The van der Waals surface area contributed by atoms with E-state index in [1.54, 1.807) is 6.07 Å². The summed E-state index contributed by atoms with van der Waals surface area (Å²) in [6.07, 6.45) is 1.11. The van der Waals surface area contributed by atoms with E-state index in [0.717, 1.165) is 17.5 Å². The van der Waals surface area contributed by atoms with Crippen molar-refractivity contribution in [2.45, 2.75) is 66.7 Å². The number of hydrogen-bond donors (Lipinski definition) is 0. The Morgan fingerprint density at radius 2 is 1.11 bits per heavy atom. The zero-order valence-corrected chi connectivity index (χ0v) is 23.6. The van der Waals surface area contributed by atoms with Gasteiger partial charge in [0, 0.05) is 5.56 Å². The highest BCUT2D eigenvalue weighted by Crippen LogP contribution is 2.38. The lowest BCUT2D eigenvalue weighted by atomic mass is 9.73. The normalized spacial score (nSPS) is 13.3. The Balaban J connectivity index is 0.000000206. The van der Waals surface area contributed by atoms with Gasteiger partial charge in [0.15, 0.2) is 0 Å². The summed E-state index contributed by atoms with van der Waals surface area (Å²) >= 11 is 0. The fourth-order valence-corrected chi connectivity index (χ4v) is 4.61. The first kappa shape index (κ1) is 28.4. The summed E-state index contributed by atoms with van der Waals surface area (Å²) in [4.78, 5) is 0. The molecule has 4 rings (SSSR count). The van der Waals surface area contributed by atoms with Crippen molar-refractivity contribution in [3.63, 3.8) is 0 Å². The van der Waals surface area contributed by atoms with E-state index in [2.05, 4.69) is 109 Å². The summed E-state index contributed by atoms with van der Waals surface area (Å²) in [6, 6.07) is 36.9. The highest BCUT2D eigenvalue weighted by atomic mass is 19.1. The zero-order valence-electron chi connectivity index (χ0n) is 23.6. The van der Waals surface area contributed by atoms with Crippen LogP contribution in [0.3, 0.4) is 0 Å². The van der Waals surface area contributed by atoms with Crippen molar-refractivity contribution < 1.29 is 4.39 Å². The van der Waals surface area contributed by atoms with Gasteiger partial charge in [0.05, 0.1) is 0 Å². The number of halogens is 1. The molecule has 0 spiro atoms. The maximum atomic E-state index is 14.3. The Bertz CT molecular complexity index is 1210. The fourth-order valence-electron chi connectivity index (χ4n) is 4.61. The summed E-state index contributed by atoms with van der Waals surface area (Å²) < 4.78 is 14.3. The van der Waals surface area contributed by atoms with Crippen LogP contribution in [-0.2, 0) is 6.42 Å². The monoisotopic (exact) mass is 494 g/mol. The molecule has 1 heteroatoms. The molecule has 194 valence electrons. The molecule has 0 aliphatic heterocycles. The van der Waals surface area contributed by atoms with Gasteiger partial charge in [-0.2, -0.15) is 0 Å². The third-order valence-electron chi connectivity index (χ3n) is 7.41. The van der Waals surface area contributed by atoms with E-state index in [-0.39, 0.29) is 16.6 Å². The molecule has 4 aromatic carbocycles. The van der Waals surface area contributed by atoms with Gasteiger partial charge < -0.3 is 0 Å². The van der Waals surface area contributed by atoms with Crippen LogP contribution in [0.15, 0.2) is 109 Å². The van der Waals surface area contributed by atoms with Crippen LogP contribution in [0.1, 0.15) is 77.0 Å². The summed E-state index contributed by atoms with van der Waals surface area (Å²) in [5.74, 6) is 0.743. The van der Waals surface area contributed by atoms with Crippen molar-refractivity contribution in [2.75, 3.05) is 0 Å². The first-order valence-corrected chi connectivity index (χ1v) is 13.4. The maximum absolute atomic E-state index is 14.3. The Morgan fingerprint density at radius 1 is 0.595 bits per heavy atom. The standard InChI is InChI=1S/C18H21F.C18H22/c1-13(18(2,3)4)15-10-11-16(17(19)12-15)14-8-6-5-7-9-14;1-18(2,3)17(16-12-8-5-9-13-16)14-15-10-6-4-7-11-15/h5-13H,1-4H3;4-13,17H,14H2,1-3H3/t13-;/m1./s1. The molecular formula is C36H43F. The minimum atomic E-state index is -0.139. The quantitative estimate of drug-likeness (QED) is 0.259. The molecule has 1 unspecified atom stereocenters. The maximum Gasteiger partial charge on any atom is 0.131 e. The summed E-state index contributed by atoms with van der Waals surface area (Å²) in [5.41, 5.74) is 5.93. The van der Waals surface area contributed by atoms with Crippen molar-refractivity contribution in [1.82, 2.24) is 0 Å². The smallest absolute Gasteiger partial charge is 0.131 e. The molecule has 2 atom stereocenters. The number of benzene rings is 4. The lowest BCUT2D eigenvalue weighted by Crippen LogP contribution is -2.20. The third kappa shape index (κ3) is 8.15. The van der Waals surface area contributed by atoms with Crippen LogP contribution in [-0.4, -0.2) is 0 Å². The molecule has 4 aromatic rings. The Hall–Kier alpha value is -3.19. The molecule has 0 aliphatic carbocycles. The molecule has 37 heavy (non-hydrogen) atoms. The van der Waals surface area contributed by atoms with Gasteiger partial charge in [0.2, 0.25) is 0 Å². The highest BCUT2D eigenvalue weighted by molar-refractivity contribution is 5.64. The van der Waals surface area contributed by atoms with Crippen LogP contribution in [0.4, 0.5) is 4.39 Å². The van der Waals surface area contributed by atoms with Crippen molar-refractivity contribution >= 4 is 0 Å². The predicted molar refractivity (Wildman–Crippen MR) is 158 cm³/mol. The van der Waals surface area contributed by atoms with Crippen molar-refractivity contribution in [2.24, 2.45) is 10.8 Å². The largest absolute Gasteiger partial charge is 0.206 e. The SMILES string of the molecule is CC(C)(C)C(Cc1ccccc1)c1ccccc1.C[C@H](c1ccc(-c2ccccc2)c(F)c1)C(C)(C)C. The molecule has 0 amide bonds. The van der Waals surface area contributed by atoms with E-state index in [1.165, 1.54) is 11.1 Å². The van der Waals surface area contributed by atoms with Crippen molar-refractivity contribution in [1.29, 1.82) is 0 Å². The molecule has 0 aromatic heterocycles. The molecular weight excluding hydrogens is 451 g/mol. The van der Waals surface area contributed by atoms with Crippen LogP contribution in [0.25, 0.3) is 11.1 Å². The van der Waals surface area contributed by atoms with Gasteiger partial charge in [-0.1, -0.05) is 152 Å². The van der Waals surface area contributed by atoms with Gasteiger partial charge in [-0.15, -0.1) is 0 Å². The molecule has 0 aliphatic rings. The van der Waals surface area contributed by atoms with Crippen LogP contribution >= 0.6 is 0 Å². The van der Waals surface area contributed by atoms with Gasteiger partial charge in [-0.25, -0.2) is 4.39 Å². The Kier molecular flexibility index (Phi) is 9.49. The van der Waals surface area contributed by atoms with Gasteiger partial charge in [0.1, 0.15) is 5.82 Å². The van der Waals surface area contributed by atoms with Gasteiger partial charge >= 0.3 is 0 Å². The fraction of sp³-hybridized carbons (Fsp3) is 0.333. The lowest BCUT2D eigenvalue weighted by molar-refractivity contribution is 0.318. The first-order chi connectivity index (χ1) is 17.5. The van der Waals surface area contributed by atoms with E-state index >= 15 is 0 Å². The molecule has 0 fully saturated rings. The Morgan fingerprint density at radius 3 is 1.59 bits per heavy atom. The average Bonchev–Trinajstić information content (AvgIpc) is 2.87. The van der Waals surface area contributed by atoms with Gasteiger partial charge in [-0.3, -0.25) is 0 Å². The lowest BCUT2D eigenvalue weighted by Gasteiger charge is -2.31. The average molecular weight is 495 g/mol. The second-order valence-corrected chi connectivity index (χ2v) is 12.2. The third-order valence-corrected chi connectivity index (χ3v) is 7.41. The molecule has 0 saturated carbocycles. The predicted octanol–water partition coefficient (Wildman–Crippen LogP) is 10.7. The van der Waals surface area contributed by atoms with E-state index < -0.39 is 0 Å². The van der Waals surface area contributed by atoms with Crippen LogP contribution < -0.4 is 0 Å². The number of rotatable bonds is 5. The second-order valence-electron chi connectivity index (χ2n) is 12.2. The van der Waals surface area contributed by atoms with Crippen LogP contribution in [0, 0.1) is 16.6 Å². The Labute approximate surface area is 224 Å². The summed E-state index contributed by atoms with van der Waals surface area (Å²) in [5, 5.41) is 0. The van der Waals surface area contributed by atoms with Crippen LogP contribution in [0.2, 0.25) is 0 Å². The molecule has 0 bridgehead atoms. The van der Waals surface area contributed by atoms with Gasteiger partial charge in [0.25, 0.3) is 0 Å².